The standard InChI is InChI=1S/C18H24BFO3S/c1-12-8-7-9-16(20)15(12)10-14(11-24-13(2)21)19-22-17(3,4)18(5,6)23-19/h7-10H,11H2,1-6H3. The Kier molecular flexibility index (Phi) is 5.62. The summed E-state index contributed by atoms with van der Waals surface area (Å²) in [6.07, 6.45) is 1.75. The van der Waals surface area contributed by atoms with Crippen LogP contribution in [0.3, 0.4) is 0 Å². The van der Waals surface area contributed by atoms with E-state index in [0.717, 1.165) is 11.0 Å². The smallest absolute Gasteiger partial charge is 0.400 e. The van der Waals surface area contributed by atoms with Gasteiger partial charge in [-0.1, -0.05) is 30.0 Å². The molecule has 0 N–H and O–H groups in total. The summed E-state index contributed by atoms with van der Waals surface area (Å²) >= 11 is 1.17. The number of carbonyl (C=O) groups excluding carboxylic acids is 1. The van der Waals surface area contributed by atoms with Crippen LogP contribution in [0.2, 0.25) is 0 Å². The number of benzene rings is 1. The van der Waals surface area contributed by atoms with Crippen LogP contribution in [-0.4, -0.2) is 29.2 Å². The van der Waals surface area contributed by atoms with Crippen molar-refractivity contribution in [1.29, 1.82) is 0 Å². The van der Waals surface area contributed by atoms with Crippen LogP contribution < -0.4 is 0 Å². The lowest BCUT2D eigenvalue weighted by Crippen LogP contribution is -2.41. The second-order valence-corrected chi connectivity index (χ2v) is 8.21. The molecule has 1 aromatic carbocycles. The summed E-state index contributed by atoms with van der Waals surface area (Å²) in [6.45, 7) is 11.2. The van der Waals surface area contributed by atoms with Crippen molar-refractivity contribution in [2.24, 2.45) is 0 Å². The number of thioether (sulfide) groups is 1. The third-order valence-electron chi connectivity index (χ3n) is 4.60. The largest absolute Gasteiger partial charge is 0.491 e. The Labute approximate surface area is 148 Å². The van der Waals surface area contributed by atoms with Gasteiger partial charge in [-0.2, -0.15) is 0 Å². The minimum Gasteiger partial charge on any atom is -0.400 e. The van der Waals surface area contributed by atoms with Gasteiger partial charge in [0, 0.05) is 18.2 Å². The molecule has 1 aliphatic rings. The molecule has 130 valence electrons. The molecule has 0 radical (unpaired) electrons. The zero-order chi connectivity index (χ0) is 18.1. The molecule has 0 atom stereocenters. The Balaban J connectivity index is 2.39. The first-order valence-electron chi connectivity index (χ1n) is 7.98. The molecule has 0 unspecified atom stereocenters. The van der Waals surface area contributed by atoms with Gasteiger partial charge in [-0.05, 0) is 51.7 Å². The van der Waals surface area contributed by atoms with Gasteiger partial charge in [0.05, 0.1) is 11.2 Å². The summed E-state index contributed by atoms with van der Waals surface area (Å²) in [4.78, 5) is 11.4. The fourth-order valence-corrected chi connectivity index (χ4v) is 2.96. The lowest BCUT2D eigenvalue weighted by Gasteiger charge is -2.32. The molecule has 2 rings (SSSR count). The first-order valence-corrected chi connectivity index (χ1v) is 8.96. The predicted molar refractivity (Wildman–Crippen MR) is 98.3 cm³/mol. The fourth-order valence-electron chi connectivity index (χ4n) is 2.37. The minimum absolute atomic E-state index is 0.00247. The van der Waals surface area contributed by atoms with Crippen LogP contribution >= 0.6 is 11.8 Å². The van der Waals surface area contributed by atoms with E-state index in [1.165, 1.54) is 24.8 Å². The lowest BCUT2D eigenvalue weighted by molar-refractivity contribution is -0.109. The Morgan fingerprint density at radius 2 is 1.83 bits per heavy atom. The molecule has 6 heteroatoms. The summed E-state index contributed by atoms with van der Waals surface area (Å²) < 4.78 is 26.3. The molecule has 1 aliphatic heterocycles. The molecule has 1 heterocycles. The molecule has 0 aliphatic carbocycles. The molecule has 0 bridgehead atoms. The van der Waals surface area contributed by atoms with Gasteiger partial charge in [-0.3, -0.25) is 4.79 Å². The molecule has 1 saturated heterocycles. The molecule has 0 saturated carbocycles. The average molecular weight is 350 g/mol. The molecule has 0 spiro atoms. The summed E-state index contributed by atoms with van der Waals surface area (Å²) in [5, 5.41) is 0.00247. The maximum atomic E-state index is 14.2. The summed E-state index contributed by atoms with van der Waals surface area (Å²) in [6, 6.07) is 4.97. The van der Waals surface area contributed by atoms with E-state index < -0.39 is 18.3 Å². The highest BCUT2D eigenvalue weighted by Gasteiger charge is 2.52. The highest BCUT2D eigenvalue weighted by molar-refractivity contribution is 8.13. The molecular weight excluding hydrogens is 326 g/mol. The first-order chi connectivity index (χ1) is 11.0. The SMILES string of the molecule is CC(=O)SCC(=Cc1c(C)cccc1F)B1OC(C)(C)C(C)(C)O1. The van der Waals surface area contributed by atoms with Gasteiger partial charge in [0.1, 0.15) is 5.82 Å². The van der Waals surface area contributed by atoms with Crippen LogP contribution in [0.5, 0.6) is 0 Å². The zero-order valence-corrected chi connectivity index (χ0v) is 15.9. The van der Waals surface area contributed by atoms with E-state index in [1.807, 2.05) is 40.7 Å². The van der Waals surface area contributed by atoms with E-state index >= 15 is 0 Å². The monoisotopic (exact) mass is 350 g/mol. The van der Waals surface area contributed by atoms with Crippen LogP contribution in [0.1, 0.15) is 45.7 Å². The maximum Gasteiger partial charge on any atom is 0.491 e. The fraction of sp³-hybridized carbons (Fsp3) is 0.500. The van der Waals surface area contributed by atoms with E-state index in [1.54, 1.807) is 12.1 Å². The van der Waals surface area contributed by atoms with Crippen LogP contribution in [0.15, 0.2) is 23.7 Å². The number of hydrogen-bond donors (Lipinski definition) is 0. The number of rotatable bonds is 4. The van der Waals surface area contributed by atoms with Crippen molar-refractivity contribution in [2.75, 3.05) is 5.75 Å². The number of aryl methyl sites for hydroxylation is 1. The van der Waals surface area contributed by atoms with Crippen molar-refractivity contribution in [3.8, 4) is 0 Å². The van der Waals surface area contributed by atoms with Crippen molar-refractivity contribution in [1.82, 2.24) is 0 Å². The van der Waals surface area contributed by atoms with Crippen LogP contribution in [0.4, 0.5) is 4.39 Å². The minimum atomic E-state index is -0.596. The lowest BCUT2D eigenvalue weighted by atomic mass is 9.78. The molecule has 1 fully saturated rings. The van der Waals surface area contributed by atoms with Gasteiger partial charge >= 0.3 is 7.12 Å². The number of hydrogen-bond acceptors (Lipinski definition) is 4. The molecule has 0 aromatic heterocycles. The van der Waals surface area contributed by atoms with Crippen molar-refractivity contribution < 1.29 is 18.5 Å². The Morgan fingerprint density at radius 3 is 2.33 bits per heavy atom. The normalized spacial score (nSPS) is 19.6. The van der Waals surface area contributed by atoms with Crippen molar-refractivity contribution in [3.63, 3.8) is 0 Å². The van der Waals surface area contributed by atoms with E-state index in [4.69, 9.17) is 9.31 Å². The van der Waals surface area contributed by atoms with Crippen molar-refractivity contribution >= 4 is 30.1 Å². The third kappa shape index (κ3) is 4.10. The van der Waals surface area contributed by atoms with Crippen LogP contribution in [-0.2, 0) is 14.1 Å². The molecule has 3 nitrogen and oxygen atoms in total. The van der Waals surface area contributed by atoms with Crippen molar-refractivity contribution in [2.45, 2.75) is 52.7 Å². The highest BCUT2D eigenvalue weighted by Crippen LogP contribution is 2.39. The molecule has 24 heavy (non-hydrogen) atoms. The van der Waals surface area contributed by atoms with Gasteiger partial charge in [0.15, 0.2) is 5.12 Å². The van der Waals surface area contributed by atoms with E-state index in [0.29, 0.717) is 11.3 Å². The quantitative estimate of drug-likeness (QED) is 0.753. The van der Waals surface area contributed by atoms with E-state index in [-0.39, 0.29) is 10.9 Å². The maximum absolute atomic E-state index is 14.2. The van der Waals surface area contributed by atoms with Gasteiger partial charge < -0.3 is 9.31 Å². The topological polar surface area (TPSA) is 35.5 Å². The molecule has 0 amide bonds. The van der Waals surface area contributed by atoms with E-state index in [9.17, 15) is 9.18 Å². The zero-order valence-electron chi connectivity index (χ0n) is 15.1. The van der Waals surface area contributed by atoms with Crippen molar-refractivity contribution in [3.05, 3.63) is 40.6 Å². The van der Waals surface area contributed by atoms with Gasteiger partial charge in [-0.25, -0.2) is 4.39 Å². The summed E-state index contributed by atoms with van der Waals surface area (Å²) in [7, 11) is -0.596. The van der Waals surface area contributed by atoms with Gasteiger partial charge in [-0.15, -0.1) is 0 Å². The summed E-state index contributed by atoms with van der Waals surface area (Å²) in [5.74, 6) is 0.108. The Hall–Kier alpha value is -1.11. The molecule has 1 aromatic rings. The highest BCUT2D eigenvalue weighted by atomic mass is 32.2. The third-order valence-corrected chi connectivity index (χ3v) is 5.48. The second-order valence-electron chi connectivity index (χ2n) is 7.06. The number of halogens is 1. The summed E-state index contributed by atoms with van der Waals surface area (Å²) in [5.41, 5.74) is 1.12. The van der Waals surface area contributed by atoms with Crippen LogP contribution in [0.25, 0.3) is 6.08 Å². The first kappa shape index (κ1) is 19.2. The van der Waals surface area contributed by atoms with Gasteiger partial charge in [0.2, 0.25) is 0 Å². The van der Waals surface area contributed by atoms with Gasteiger partial charge in [0.25, 0.3) is 0 Å². The Morgan fingerprint density at radius 1 is 1.25 bits per heavy atom. The average Bonchev–Trinajstić information content (AvgIpc) is 2.65. The van der Waals surface area contributed by atoms with E-state index in [2.05, 4.69) is 0 Å². The molecular formula is C18H24BFO3S. The van der Waals surface area contributed by atoms with Crippen LogP contribution in [0, 0.1) is 12.7 Å². The number of carbonyl (C=O) groups is 1. The predicted octanol–water partition coefficient (Wildman–Crippen LogP) is 4.43. The Bertz CT molecular complexity index is 634. The second kappa shape index (κ2) is 7.02.